The second-order valence-corrected chi connectivity index (χ2v) is 6.88. The number of rotatable bonds is 4. The van der Waals surface area contributed by atoms with Crippen molar-refractivity contribution in [2.45, 2.75) is 26.4 Å². The van der Waals surface area contributed by atoms with E-state index in [2.05, 4.69) is 10.4 Å². The van der Waals surface area contributed by atoms with Gasteiger partial charge in [0.25, 0.3) is 5.91 Å². The number of anilines is 2. The monoisotopic (exact) mass is 364 g/mol. The van der Waals surface area contributed by atoms with Gasteiger partial charge in [0.1, 0.15) is 11.5 Å². The Morgan fingerprint density at radius 3 is 2.67 bits per heavy atom. The molecular weight excluding hydrogens is 343 g/mol. The number of carbonyl (C=O) groups is 1. The summed E-state index contributed by atoms with van der Waals surface area (Å²) in [6.07, 6.45) is 0. The van der Waals surface area contributed by atoms with E-state index in [1.165, 1.54) is 12.1 Å². The minimum absolute atomic E-state index is 0.0370. The van der Waals surface area contributed by atoms with Gasteiger partial charge in [-0.1, -0.05) is 18.2 Å². The Morgan fingerprint density at radius 1 is 1.19 bits per heavy atom. The summed E-state index contributed by atoms with van der Waals surface area (Å²) in [5.74, 6) is -0.430. The molecule has 2 heterocycles. The molecule has 27 heavy (non-hydrogen) atoms. The molecule has 2 aromatic carbocycles. The molecule has 1 aromatic heterocycles. The molecule has 0 saturated carbocycles. The molecule has 1 atom stereocenters. The zero-order valence-electron chi connectivity index (χ0n) is 15.3. The molecule has 1 amide bonds. The Bertz CT molecular complexity index is 980. The number of fused-ring (bicyclic) bond motifs is 1. The van der Waals surface area contributed by atoms with E-state index in [0.717, 1.165) is 16.9 Å². The number of nitrogens with one attached hydrogen (secondary N) is 1. The van der Waals surface area contributed by atoms with Crippen molar-refractivity contribution in [3.63, 3.8) is 0 Å². The highest BCUT2D eigenvalue weighted by Crippen LogP contribution is 2.27. The van der Waals surface area contributed by atoms with Crippen molar-refractivity contribution in [2.24, 2.45) is 0 Å². The van der Waals surface area contributed by atoms with Gasteiger partial charge >= 0.3 is 0 Å². The lowest BCUT2D eigenvalue weighted by atomic mass is 10.1. The van der Waals surface area contributed by atoms with Crippen LogP contribution in [0.4, 0.5) is 15.8 Å². The first-order valence-corrected chi connectivity index (χ1v) is 8.98. The fourth-order valence-corrected chi connectivity index (χ4v) is 3.39. The fourth-order valence-electron chi connectivity index (χ4n) is 3.39. The van der Waals surface area contributed by atoms with Crippen LogP contribution in [-0.4, -0.2) is 22.2 Å². The minimum atomic E-state index is -0.314. The van der Waals surface area contributed by atoms with Crippen LogP contribution in [0.1, 0.15) is 34.7 Å². The third kappa shape index (κ3) is 3.30. The molecule has 0 saturated heterocycles. The van der Waals surface area contributed by atoms with Gasteiger partial charge in [0.05, 0.1) is 18.3 Å². The van der Waals surface area contributed by atoms with Crippen molar-refractivity contribution in [1.82, 2.24) is 9.78 Å². The van der Waals surface area contributed by atoms with E-state index in [1.807, 2.05) is 44.2 Å². The second-order valence-electron chi connectivity index (χ2n) is 6.88. The first kappa shape index (κ1) is 17.3. The third-order valence-corrected chi connectivity index (χ3v) is 4.86. The van der Waals surface area contributed by atoms with Crippen LogP contribution in [0.2, 0.25) is 0 Å². The fraction of sp³-hybridized carbons (Fsp3) is 0.238. The normalized spacial score (nSPS) is 16.3. The minimum Gasteiger partial charge on any atom is -0.379 e. The summed E-state index contributed by atoms with van der Waals surface area (Å²) in [5, 5.41) is 7.99. The number of aromatic nitrogens is 2. The van der Waals surface area contributed by atoms with Crippen LogP contribution in [0.15, 0.2) is 54.6 Å². The van der Waals surface area contributed by atoms with Gasteiger partial charge in [0, 0.05) is 17.9 Å². The lowest BCUT2D eigenvalue weighted by molar-refractivity contribution is 0.0953. The molecule has 3 aromatic rings. The predicted octanol–water partition coefficient (Wildman–Crippen LogP) is 4.16. The number of aryl methyl sites for hydroxylation is 1. The molecule has 4 rings (SSSR count). The average molecular weight is 364 g/mol. The number of hydrogen-bond acceptors (Lipinski definition) is 3. The van der Waals surface area contributed by atoms with Crippen LogP contribution in [0.5, 0.6) is 0 Å². The van der Waals surface area contributed by atoms with E-state index in [1.54, 1.807) is 21.7 Å². The molecule has 138 valence electrons. The zero-order valence-corrected chi connectivity index (χ0v) is 15.3. The molecule has 1 aliphatic rings. The second kappa shape index (κ2) is 6.87. The van der Waals surface area contributed by atoms with E-state index in [0.29, 0.717) is 24.5 Å². The maximum atomic E-state index is 13.2. The number of hydrogen-bond donors (Lipinski definition) is 1. The van der Waals surface area contributed by atoms with Gasteiger partial charge in [-0.15, -0.1) is 0 Å². The van der Waals surface area contributed by atoms with Gasteiger partial charge < -0.3 is 10.2 Å². The lowest BCUT2D eigenvalue weighted by Gasteiger charge is -2.31. The highest BCUT2D eigenvalue weighted by atomic mass is 19.1. The molecule has 1 N–H and O–H groups in total. The van der Waals surface area contributed by atoms with Gasteiger partial charge in [-0.2, -0.15) is 5.10 Å². The Kier molecular flexibility index (Phi) is 4.39. The highest BCUT2D eigenvalue weighted by molar-refractivity contribution is 6.05. The Labute approximate surface area is 157 Å². The number of benzene rings is 2. The third-order valence-electron chi connectivity index (χ3n) is 4.86. The summed E-state index contributed by atoms with van der Waals surface area (Å²) < 4.78 is 15.0. The van der Waals surface area contributed by atoms with Crippen molar-refractivity contribution in [1.29, 1.82) is 0 Å². The molecule has 0 unspecified atom stereocenters. The quantitative estimate of drug-likeness (QED) is 0.756. The lowest BCUT2D eigenvalue weighted by Crippen LogP contribution is -2.42. The summed E-state index contributed by atoms with van der Waals surface area (Å²) in [7, 11) is 0. The highest BCUT2D eigenvalue weighted by Gasteiger charge is 2.31. The maximum absolute atomic E-state index is 13.2. The summed E-state index contributed by atoms with van der Waals surface area (Å²) >= 11 is 0. The van der Waals surface area contributed by atoms with Crippen LogP contribution in [0, 0.1) is 12.7 Å². The smallest absolute Gasteiger partial charge is 0.276 e. The topological polar surface area (TPSA) is 50.2 Å². The van der Waals surface area contributed by atoms with Gasteiger partial charge in [-0.3, -0.25) is 9.48 Å². The SMILES string of the molecule is Cc1ccccc1NCc1cc2n(n1)[C@H](C)CN(c1ccc(F)cc1)C2=O. The van der Waals surface area contributed by atoms with Crippen molar-refractivity contribution >= 4 is 17.3 Å². The van der Waals surface area contributed by atoms with E-state index in [9.17, 15) is 9.18 Å². The molecule has 0 radical (unpaired) electrons. The Balaban J connectivity index is 1.56. The van der Waals surface area contributed by atoms with Crippen LogP contribution in [0.25, 0.3) is 0 Å². The maximum Gasteiger partial charge on any atom is 0.276 e. The number of nitrogens with zero attached hydrogens (tertiary/aromatic N) is 3. The Hall–Kier alpha value is -3.15. The van der Waals surface area contributed by atoms with Gasteiger partial charge in [0.2, 0.25) is 0 Å². The number of amides is 1. The van der Waals surface area contributed by atoms with E-state index in [4.69, 9.17) is 0 Å². The van der Waals surface area contributed by atoms with Crippen molar-refractivity contribution in [3.05, 3.63) is 77.4 Å². The first-order valence-electron chi connectivity index (χ1n) is 8.98. The standard InChI is InChI=1S/C21H21FN4O/c1-14-5-3-4-6-19(14)23-12-17-11-20-21(27)25(13-15(2)26(20)24-17)18-9-7-16(22)8-10-18/h3-11,15,23H,12-13H2,1-2H3/t15-/m1/s1. The van der Waals surface area contributed by atoms with Crippen molar-refractivity contribution < 1.29 is 9.18 Å². The number of halogens is 1. The van der Waals surface area contributed by atoms with Crippen LogP contribution in [0.3, 0.4) is 0 Å². The van der Waals surface area contributed by atoms with Gasteiger partial charge in [-0.05, 0) is 55.8 Å². The molecule has 0 spiro atoms. The van der Waals surface area contributed by atoms with Gasteiger partial charge in [-0.25, -0.2) is 4.39 Å². The largest absolute Gasteiger partial charge is 0.379 e. The predicted molar refractivity (Wildman–Crippen MR) is 104 cm³/mol. The Morgan fingerprint density at radius 2 is 1.93 bits per heavy atom. The summed E-state index contributed by atoms with van der Waals surface area (Å²) in [6.45, 7) is 5.12. The van der Waals surface area contributed by atoms with Crippen LogP contribution < -0.4 is 10.2 Å². The average Bonchev–Trinajstić information content (AvgIpc) is 3.10. The molecule has 6 heteroatoms. The van der Waals surface area contributed by atoms with Crippen LogP contribution in [-0.2, 0) is 6.54 Å². The summed E-state index contributed by atoms with van der Waals surface area (Å²) in [6, 6.07) is 15.9. The van der Waals surface area contributed by atoms with E-state index >= 15 is 0 Å². The first-order chi connectivity index (χ1) is 13.0. The number of para-hydroxylation sites is 1. The molecule has 0 aliphatic carbocycles. The summed E-state index contributed by atoms with van der Waals surface area (Å²) in [4.78, 5) is 14.6. The van der Waals surface area contributed by atoms with Crippen molar-refractivity contribution in [3.8, 4) is 0 Å². The van der Waals surface area contributed by atoms with Crippen molar-refractivity contribution in [2.75, 3.05) is 16.8 Å². The summed E-state index contributed by atoms with van der Waals surface area (Å²) in [5.41, 5.74) is 4.28. The zero-order chi connectivity index (χ0) is 19.0. The van der Waals surface area contributed by atoms with E-state index < -0.39 is 0 Å². The van der Waals surface area contributed by atoms with Gasteiger partial charge in [0.15, 0.2) is 0 Å². The molecule has 5 nitrogen and oxygen atoms in total. The van der Waals surface area contributed by atoms with E-state index in [-0.39, 0.29) is 17.8 Å². The molecule has 1 aliphatic heterocycles. The molecule has 0 bridgehead atoms. The number of carbonyl (C=O) groups excluding carboxylic acids is 1. The molecular formula is C21H21FN4O. The molecule has 0 fully saturated rings. The van der Waals surface area contributed by atoms with Crippen LogP contribution >= 0.6 is 0 Å².